The van der Waals surface area contributed by atoms with Crippen molar-refractivity contribution >= 4 is 12.0 Å². The van der Waals surface area contributed by atoms with E-state index < -0.39 is 0 Å². The lowest BCUT2D eigenvalue weighted by Gasteiger charge is -1.94. The van der Waals surface area contributed by atoms with Crippen LogP contribution in [0.15, 0.2) is 0 Å². The maximum absolute atomic E-state index is 9.91. The molecule has 0 atom stereocenters. The predicted molar refractivity (Wildman–Crippen MR) is 23.1 cm³/mol. The first kappa shape index (κ1) is 4.70. The smallest absolute Gasteiger partial charge is 0.185 e. The highest BCUT2D eigenvalue weighted by Crippen LogP contribution is 2.07. The van der Waals surface area contributed by atoms with E-state index in [1.165, 1.54) is 0 Å². The molecule has 0 amide bonds. The van der Waals surface area contributed by atoms with Gasteiger partial charge in [-0.05, 0) is 0 Å². The summed E-state index contributed by atoms with van der Waals surface area (Å²) in [4.78, 5) is 14.2. The molecule has 4 nitrogen and oxygen atoms in total. The molecular formula is C2H4NO3S+. The molecule has 0 saturated carbocycles. The van der Waals surface area contributed by atoms with Gasteiger partial charge in [0.2, 0.25) is 0 Å². The Labute approximate surface area is 44.5 Å². The van der Waals surface area contributed by atoms with Crippen molar-refractivity contribution in [2.24, 2.45) is 0 Å². The SMILES string of the molecule is O=[N+]1OCCSO1. The molecule has 1 rings (SSSR count). The monoisotopic (exact) mass is 122 g/mol. The van der Waals surface area contributed by atoms with E-state index in [2.05, 4.69) is 9.12 Å². The van der Waals surface area contributed by atoms with Crippen molar-refractivity contribution in [1.82, 2.24) is 0 Å². The summed E-state index contributed by atoms with van der Waals surface area (Å²) in [6, 6.07) is 0. The van der Waals surface area contributed by atoms with Crippen LogP contribution in [0, 0.1) is 4.91 Å². The van der Waals surface area contributed by atoms with Crippen LogP contribution in [0.4, 0.5) is 0 Å². The van der Waals surface area contributed by atoms with Crippen LogP contribution in [0.2, 0.25) is 0 Å². The molecule has 0 radical (unpaired) electrons. The number of hydrogen-bond acceptors (Lipinski definition) is 4. The van der Waals surface area contributed by atoms with Crippen molar-refractivity contribution in [3.05, 3.63) is 4.91 Å². The summed E-state index contributed by atoms with van der Waals surface area (Å²) < 4.78 is 4.25. The Morgan fingerprint density at radius 2 is 2.57 bits per heavy atom. The fraction of sp³-hybridized carbons (Fsp3) is 1.00. The summed E-state index contributed by atoms with van der Waals surface area (Å²) in [6.45, 7) is 0.439. The molecule has 0 aromatic heterocycles. The summed E-state index contributed by atoms with van der Waals surface area (Å²) >= 11 is 1.09. The highest BCUT2D eigenvalue weighted by atomic mass is 32.2. The zero-order valence-electron chi connectivity index (χ0n) is 3.49. The molecule has 0 aromatic carbocycles. The third kappa shape index (κ3) is 1.23. The molecule has 1 saturated heterocycles. The maximum atomic E-state index is 9.91. The Balaban J connectivity index is 2.25. The molecule has 5 heteroatoms. The van der Waals surface area contributed by atoms with Crippen molar-refractivity contribution in [3.8, 4) is 0 Å². The molecule has 0 aliphatic carbocycles. The minimum Gasteiger partial charge on any atom is -0.185 e. The van der Waals surface area contributed by atoms with E-state index in [0.717, 1.165) is 17.8 Å². The van der Waals surface area contributed by atoms with Crippen molar-refractivity contribution in [2.75, 3.05) is 12.4 Å². The average molecular weight is 122 g/mol. The predicted octanol–water partition coefficient (Wildman–Crippen LogP) is 0.290. The minimum absolute atomic E-state index is 0.105. The van der Waals surface area contributed by atoms with Gasteiger partial charge in [0.15, 0.2) is 18.6 Å². The summed E-state index contributed by atoms with van der Waals surface area (Å²) in [5.74, 6) is 0.721. The van der Waals surface area contributed by atoms with Crippen LogP contribution in [0.5, 0.6) is 0 Å². The fourth-order valence-electron chi connectivity index (χ4n) is 0.248. The molecule has 0 N–H and O–H groups in total. The first-order valence-electron chi connectivity index (χ1n) is 1.79. The van der Waals surface area contributed by atoms with Crippen molar-refractivity contribution in [3.63, 3.8) is 0 Å². The van der Waals surface area contributed by atoms with E-state index in [-0.39, 0.29) is 5.09 Å². The molecule has 0 spiro atoms. The van der Waals surface area contributed by atoms with Gasteiger partial charge in [-0.3, -0.25) is 0 Å². The van der Waals surface area contributed by atoms with Crippen LogP contribution in [-0.2, 0) is 9.12 Å². The van der Waals surface area contributed by atoms with E-state index >= 15 is 0 Å². The molecule has 0 unspecified atom stereocenters. The van der Waals surface area contributed by atoms with Crippen LogP contribution in [0.3, 0.4) is 0 Å². The maximum Gasteiger partial charge on any atom is 0.490 e. The average Bonchev–Trinajstić information content (AvgIpc) is 1.69. The van der Waals surface area contributed by atoms with E-state index in [1.807, 2.05) is 0 Å². The van der Waals surface area contributed by atoms with Crippen LogP contribution in [0.1, 0.15) is 0 Å². The third-order valence-electron chi connectivity index (χ3n) is 0.477. The lowest BCUT2D eigenvalue weighted by Crippen LogP contribution is -2.14. The van der Waals surface area contributed by atoms with Gasteiger partial charge in [-0.2, -0.15) is 4.84 Å². The zero-order chi connectivity index (χ0) is 5.11. The summed E-state index contributed by atoms with van der Waals surface area (Å²) in [5.41, 5.74) is 0. The zero-order valence-corrected chi connectivity index (χ0v) is 4.31. The van der Waals surface area contributed by atoms with Crippen molar-refractivity contribution < 1.29 is 14.2 Å². The first-order chi connectivity index (χ1) is 3.39. The Bertz CT molecular complexity index is 77.0. The number of nitrogens with zero attached hydrogens (tertiary/aromatic N) is 1. The van der Waals surface area contributed by atoms with Gasteiger partial charge in [0.25, 0.3) is 0 Å². The molecular weight excluding hydrogens is 118 g/mol. The largest absolute Gasteiger partial charge is 0.490 e. The second-order valence-electron chi connectivity index (χ2n) is 0.953. The topological polar surface area (TPSA) is 38.5 Å². The first-order valence-corrected chi connectivity index (χ1v) is 2.70. The molecule has 0 bridgehead atoms. The molecule has 1 fully saturated rings. The standard InChI is InChI=1S/C2H4NO3S/c4-3-5-1-2-7-6-3/h1-2H2/q+1. The van der Waals surface area contributed by atoms with E-state index in [4.69, 9.17) is 0 Å². The summed E-state index contributed by atoms with van der Waals surface area (Å²) in [7, 11) is 0. The Hall–Kier alpha value is -0.450. The van der Waals surface area contributed by atoms with Gasteiger partial charge in [0.05, 0.1) is 5.75 Å². The van der Waals surface area contributed by atoms with Gasteiger partial charge < -0.3 is 0 Å². The third-order valence-corrected chi connectivity index (χ3v) is 1.04. The number of rotatable bonds is 0. The van der Waals surface area contributed by atoms with E-state index in [9.17, 15) is 4.91 Å². The molecule has 40 valence electrons. The van der Waals surface area contributed by atoms with Crippen molar-refractivity contribution in [1.29, 1.82) is 0 Å². The quantitative estimate of drug-likeness (QED) is 0.433. The lowest BCUT2D eigenvalue weighted by atomic mass is 10.9. The second kappa shape index (κ2) is 2.02. The van der Waals surface area contributed by atoms with E-state index in [0.29, 0.717) is 6.61 Å². The van der Waals surface area contributed by atoms with Gasteiger partial charge in [0.1, 0.15) is 4.91 Å². The van der Waals surface area contributed by atoms with Crippen molar-refractivity contribution in [2.45, 2.75) is 0 Å². The van der Waals surface area contributed by atoms with Crippen LogP contribution >= 0.6 is 12.0 Å². The second-order valence-corrected chi connectivity index (χ2v) is 1.75. The van der Waals surface area contributed by atoms with Gasteiger partial charge in [-0.25, -0.2) is 0 Å². The van der Waals surface area contributed by atoms with Gasteiger partial charge >= 0.3 is 5.09 Å². The van der Waals surface area contributed by atoms with Gasteiger partial charge in [0, 0.05) is 0 Å². The highest BCUT2D eigenvalue weighted by Gasteiger charge is 2.18. The highest BCUT2D eigenvalue weighted by molar-refractivity contribution is 7.94. The lowest BCUT2D eigenvalue weighted by molar-refractivity contribution is -0.954. The normalized spacial score (nSPS) is 20.3. The van der Waals surface area contributed by atoms with Crippen LogP contribution in [-0.4, -0.2) is 17.4 Å². The summed E-state index contributed by atoms with van der Waals surface area (Å²) in [5, 5.41) is 0.105. The summed E-state index contributed by atoms with van der Waals surface area (Å²) in [6.07, 6.45) is 0. The Kier molecular flexibility index (Phi) is 1.35. The van der Waals surface area contributed by atoms with Crippen LogP contribution in [0.25, 0.3) is 0 Å². The molecule has 1 heterocycles. The number of hydrogen-bond donors (Lipinski definition) is 0. The Morgan fingerprint density at radius 1 is 1.71 bits per heavy atom. The van der Waals surface area contributed by atoms with Gasteiger partial charge in [-0.15, -0.1) is 4.28 Å². The molecule has 1 aliphatic heterocycles. The molecule has 1 aliphatic rings. The van der Waals surface area contributed by atoms with Crippen LogP contribution < -0.4 is 0 Å². The molecule has 0 aromatic rings. The van der Waals surface area contributed by atoms with E-state index in [1.54, 1.807) is 0 Å². The molecule has 7 heavy (non-hydrogen) atoms. The van der Waals surface area contributed by atoms with Gasteiger partial charge in [-0.1, -0.05) is 0 Å². The Morgan fingerprint density at radius 3 is 2.86 bits per heavy atom. The minimum atomic E-state index is 0.105. The fourth-order valence-corrected chi connectivity index (χ4v) is 0.594.